The maximum Gasteiger partial charge on any atom is 0.409 e. The van der Waals surface area contributed by atoms with Crippen LogP contribution < -0.4 is 0 Å². The number of unbranched alkanes of at least 4 members (excludes halogenated alkanes) is 1. The average Bonchev–Trinajstić information content (AvgIpc) is 3.57. The van der Waals surface area contributed by atoms with Gasteiger partial charge in [0.15, 0.2) is 5.65 Å². The molecular formula is C26H27FN6O2. The largest absolute Gasteiger partial charge is 0.449 e. The van der Waals surface area contributed by atoms with E-state index in [1.807, 2.05) is 23.2 Å². The van der Waals surface area contributed by atoms with Crippen LogP contribution in [-0.2, 0) is 11.3 Å². The summed E-state index contributed by atoms with van der Waals surface area (Å²) in [5.74, 6) is 1.23. The third kappa shape index (κ3) is 3.84. The summed E-state index contributed by atoms with van der Waals surface area (Å²) < 4.78 is 23.2. The maximum absolute atomic E-state index is 13.7. The van der Waals surface area contributed by atoms with Gasteiger partial charge in [0, 0.05) is 42.9 Å². The van der Waals surface area contributed by atoms with Crippen molar-refractivity contribution in [3.63, 3.8) is 0 Å². The zero-order chi connectivity index (χ0) is 23.9. The summed E-state index contributed by atoms with van der Waals surface area (Å²) in [5.41, 5.74) is 4.38. The molecule has 0 aliphatic carbocycles. The smallest absolute Gasteiger partial charge is 0.409 e. The number of likely N-dealkylation sites (tertiary alicyclic amines) is 1. The number of fused-ring (bicyclic) bond motifs is 4. The Labute approximate surface area is 202 Å². The van der Waals surface area contributed by atoms with E-state index in [0.717, 1.165) is 59.8 Å². The molecular weight excluding hydrogens is 447 g/mol. The molecule has 2 atom stereocenters. The van der Waals surface area contributed by atoms with E-state index in [-0.39, 0.29) is 17.8 Å². The van der Waals surface area contributed by atoms with Crippen LogP contribution in [0.25, 0.3) is 28.2 Å². The number of imidazole rings is 1. The highest BCUT2D eigenvalue weighted by atomic mass is 19.1. The number of carbonyl (C=O) groups is 1. The molecule has 2 aliphatic heterocycles. The molecule has 2 unspecified atom stereocenters. The van der Waals surface area contributed by atoms with Crippen LogP contribution in [0, 0.1) is 11.7 Å². The highest BCUT2D eigenvalue weighted by molar-refractivity contribution is 5.80. The summed E-state index contributed by atoms with van der Waals surface area (Å²) in [4.78, 5) is 23.8. The zero-order valence-electron chi connectivity index (χ0n) is 19.6. The van der Waals surface area contributed by atoms with Crippen molar-refractivity contribution in [2.24, 2.45) is 5.92 Å². The van der Waals surface area contributed by atoms with Gasteiger partial charge in [-0.05, 0) is 55.2 Å². The van der Waals surface area contributed by atoms with E-state index in [1.165, 1.54) is 18.5 Å². The summed E-state index contributed by atoms with van der Waals surface area (Å²) in [5, 5.41) is 4.30. The van der Waals surface area contributed by atoms with Crippen LogP contribution in [0.15, 0.2) is 48.9 Å². The van der Waals surface area contributed by atoms with Crippen LogP contribution in [0.5, 0.6) is 0 Å². The molecule has 2 aliphatic rings. The van der Waals surface area contributed by atoms with Gasteiger partial charge in [0.2, 0.25) is 0 Å². The fourth-order valence-electron chi connectivity index (χ4n) is 5.30. The van der Waals surface area contributed by atoms with Gasteiger partial charge in [0.25, 0.3) is 0 Å². The number of benzene rings is 1. The molecule has 35 heavy (non-hydrogen) atoms. The second-order valence-electron chi connectivity index (χ2n) is 9.33. The number of pyridine rings is 1. The van der Waals surface area contributed by atoms with E-state index in [1.54, 1.807) is 16.6 Å². The number of amides is 1. The maximum atomic E-state index is 13.7. The van der Waals surface area contributed by atoms with Crippen LogP contribution in [0.4, 0.5) is 9.18 Å². The molecule has 3 aromatic heterocycles. The minimum absolute atomic E-state index is 0.130. The summed E-state index contributed by atoms with van der Waals surface area (Å²) >= 11 is 0. The van der Waals surface area contributed by atoms with E-state index in [0.29, 0.717) is 25.6 Å². The van der Waals surface area contributed by atoms with Crippen LogP contribution >= 0.6 is 0 Å². The number of rotatable bonds is 5. The predicted octanol–water partition coefficient (Wildman–Crippen LogP) is 4.75. The molecule has 0 radical (unpaired) electrons. The molecule has 1 fully saturated rings. The first-order valence-electron chi connectivity index (χ1n) is 12.2. The van der Waals surface area contributed by atoms with Gasteiger partial charge >= 0.3 is 6.09 Å². The molecule has 0 N–H and O–H groups in total. The van der Waals surface area contributed by atoms with Gasteiger partial charge in [0.1, 0.15) is 18.0 Å². The lowest BCUT2D eigenvalue weighted by atomic mass is 9.87. The van der Waals surface area contributed by atoms with Gasteiger partial charge in [-0.25, -0.2) is 23.7 Å². The van der Waals surface area contributed by atoms with Crippen molar-refractivity contribution in [1.29, 1.82) is 0 Å². The quantitative estimate of drug-likeness (QED) is 0.390. The van der Waals surface area contributed by atoms with Crippen molar-refractivity contribution >= 4 is 11.7 Å². The molecule has 0 bridgehead atoms. The fourth-order valence-corrected chi connectivity index (χ4v) is 5.30. The first-order valence-corrected chi connectivity index (χ1v) is 12.2. The van der Waals surface area contributed by atoms with E-state index in [9.17, 15) is 9.18 Å². The van der Waals surface area contributed by atoms with E-state index in [4.69, 9.17) is 9.72 Å². The highest BCUT2D eigenvalue weighted by Gasteiger charge is 2.42. The van der Waals surface area contributed by atoms with Gasteiger partial charge in [0.05, 0.1) is 18.0 Å². The van der Waals surface area contributed by atoms with Crippen molar-refractivity contribution < 1.29 is 13.9 Å². The molecule has 180 valence electrons. The lowest BCUT2D eigenvalue weighted by Crippen LogP contribution is -2.42. The van der Waals surface area contributed by atoms with Crippen LogP contribution in [0.3, 0.4) is 0 Å². The second-order valence-corrected chi connectivity index (χ2v) is 9.33. The standard InChI is InChI=1S/C26H27FN6O2/c1-2-3-12-35-26(34)31-11-10-18-13-32-24(19-6-9-22-28-16-29-33(22)14-19)23(30-25(32)21(18)15-31)17-4-7-20(27)8-5-17/h4-9,14,16,18,21H,2-3,10-13,15H2,1H3. The lowest BCUT2D eigenvalue weighted by Gasteiger charge is -2.33. The SMILES string of the molecule is CCCCOC(=O)N1CCC2Cn3c(nc(-c4ccc(F)cc4)c3-c3ccc4ncnn4c3)C2C1. The molecule has 1 aromatic carbocycles. The van der Waals surface area contributed by atoms with Gasteiger partial charge in [-0.15, -0.1) is 0 Å². The number of halogens is 1. The topological polar surface area (TPSA) is 77.5 Å². The van der Waals surface area contributed by atoms with Crippen LogP contribution in [0.2, 0.25) is 0 Å². The molecule has 1 saturated heterocycles. The number of hydrogen-bond donors (Lipinski definition) is 0. The third-order valence-corrected chi connectivity index (χ3v) is 7.15. The van der Waals surface area contributed by atoms with E-state index in [2.05, 4.69) is 21.6 Å². The van der Waals surface area contributed by atoms with E-state index >= 15 is 0 Å². The van der Waals surface area contributed by atoms with Crippen molar-refractivity contribution in [3.05, 3.63) is 60.6 Å². The Bertz CT molecular complexity index is 1380. The summed E-state index contributed by atoms with van der Waals surface area (Å²) in [7, 11) is 0. The Morgan fingerprint density at radius 2 is 1.97 bits per heavy atom. The average molecular weight is 475 g/mol. The molecule has 6 rings (SSSR count). The molecule has 5 heterocycles. The Balaban J connectivity index is 1.39. The van der Waals surface area contributed by atoms with Crippen molar-refractivity contribution in [3.8, 4) is 22.5 Å². The first-order chi connectivity index (χ1) is 17.1. The third-order valence-electron chi connectivity index (χ3n) is 7.15. The molecule has 0 saturated carbocycles. The van der Waals surface area contributed by atoms with Crippen molar-refractivity contribution in [2.45, 2.75) is 38.6 Å². The number of nitrogens with zero attached hydrogens (tertiary/aromatic N) is 6. The van der Waals surface area contributed by atoms with Crippen molar-refractivity contribution in [2.75, 3.05) is 19.7 Å². The van der Waals surface area contributed by atoms with E-state index < -0.39 is 0 Å². The highest BCUT2D eigenvalue weighted by Crippen LogP contribution is 2.45. The molecule has 4 aromatic rings. The van der Waals surface area contributed by atoms with Gasteiger partial charge in [-0.2, -0.15) is 5.10 Å². The van der Waals surface area contributed by atoms with Crippen LogP contribution in [-0.4, -0.2) is 54.8 Å². The van der Waals surface area contributed by atoms with Crippen molar-refractivity contribution in [1.82, 2.24) is 29.0 Å². The lowest BCUT2D eigenvalue weighted by molar-refractivity contribution is 0.0821. The molecule has 0 spiro atoms. The van der Waals surface area contributed by atoms with Gasteiger partial charge in [-0.3, -0.25) is 0 Å². The molecule has 8 nitrogen and oxygen atoms in total. The summed E-state index contributed by atoms with van der Waals surface area (Å²) in [6, 6.07) is 10.4. The molecule has 1 amide bonds. The zero-order valence-corrected chi connectivity index (χ0v) is 19.6. The fraction of sp³-hybridized carbons (Fsp3) is 0.385. The minimum atomic E-state index is -0.282. The second kappa shape index (κ2) is 8.79. The van der Waals surface area contributed by atoms with Gasteiger partial charge in [-0.1, -0.05) is 13.3 Å². The Kier molecular flexibility index (Phi) is 5.47. The first kappa shape index (κ1) is 21.8. The Morgan fingerprint density at radius 3 is 2.80 bits per heavy atom. The number of ether oxygens (including phenoxy) is 1. The monoisotopic (exact) mass is 474 g/mol. The Hall–Kier alpha value is -3.75. The molecule has 9 heteroatoms. The normalized spacial score (nSPS) is 19.1. The number of aromatic nitrogens is 5. The number of hydrogen-bond acceptors (Lipinski definition) is 5. The summed E-state index contributed by atoms with van der Waals surface area (Å²) in [6.45, 7) is 4.66. The van der Waals surface area contributed by atoms with Gasteiger partial charge < -0.3 is 14.2 Å². The predicted molar refractivity (Wildman–Crippen MR) is 128 cm³/mol. The Morgan fingerprint density at radius 1 is 1.14 bits per heavy atom. The minimum Gasteiger partial charge on any atom is -0.449 e. The summed E-state index contributed by atoms with van der Waals surface area (Å²) in [6.07, 6.45) is 6.02. The number of piperidine rings is 1. The van der Waals surface area contributed by atoms with Crippen LogP contribution in [0.1, 0.15) is 37.9 Å². The number of carbonyl (C=O) groups excluding carboxylic acids is 1.